The second kappa shape index (κ2) is 5.24. The summed E-state index contributed by atoms with van der Waals surface area (Å²) < 4.78 is 5.75. The second-order valence-electron chi connectivity index (χ2n) is 5.48. The Bertz CT molecular complexity index is 843. The maximum absolute atomic E-state index is 11.5. The van der Waals surface area contributed by atoms with E-state index >= 15 is 0 Å². The Hall–Kier alpha value is -3.15. The van der Waals surface area contributed by atoms with Gasteiger partial charge in [-0.1, -0.05) is 6.07 Å². The standard InChI is InChI=1S/C17H16N2O4/c1-8-4-10-11(7-20)15(22)16(23-17(10)13(19)5-8)9-2-3-14(21)12(18)6-9/h2-7,11,21-22H,18-19H2,1H3. The Morgan fingerprint density at radius 3 is 2.52 bits per heavy atom. The van der Waals surface area contributed by atoms with Crippen molar-refractivity contribution in [2.45, 2.75) is 12.8 Å². The lowest BCUT2D eigenvalue weighted by Gasteiger charge is -2.26. The van der Waals surface area contributed by atoms with Crippen LogP contribution in [0, 0.1) is 6.92 Å². The molecule has 0 amide bonds. The van der Waals surface area contributed by atoms with Crippen LogP contribution in [0.5, 0.6) is 11.5 Å². The van der Waals surface area contributed by atoms with Crippen molar-refractivity contribution in [3.8, 4) is 11.5 Å². The SMILES string of the molecule is Cc1cc(N)c2c(c1)C(C=O)C(O)=C(c1ccc(O)c(N)c1)O2. The van der Waals surface area contributed by atoms with Gasteiger partial charge in [-0.25, -0.2) is 0 Å². The van der Waals surface area contributed by atoms with Crippen molar-refractivity contribution in [3.63, 3.8) is 0 Å². The smallest absolute Gasteiger partial charge is 0.173 e. The lowest BCUT2D eigenvalue weighted by Crippen LogP contribution is -2.17. The first-order chi connectivity index (χ1) is 10.9. The molecule has 1 heterocycles. The van der Waals surface area contributed by atoms with Crippen molar-refractivity contribution in [1.82, 2.24) is 0 Å². The highest BCUT2D eigenvalue weighted by atomic mass is 16.5. The van der Waals surface area contributed by atoms with Crippen LogP contribution in [-0.4, -0.2) is 16.5 Å². The van der Waals surface area contributed by atoms with Gasteiger partial charge in [0.05, 0.1) is 11.4 Å². The number of carbonyl (C=O) groups is 1. The van der Waals surface area contributed by atoms with Crippen molar-refractivity contribution in [2.75, 3.05) is 11.5 Å². The highest BCUT2D eigenvalue weighted by molar-refractivity contribution is 5.82. The number of aryl methyl sites for hydroxylation is 1. The lowest BCUT2D eigenvalue weighted by atomic mass is 9.91. The molecule has 0 spiro atoms. The fourth-order valence-electron chi connectivity index (χ4n) is 2.66. The molecule has 0 radical (unpaired) electrons. The van der Waals surface area contributed by atoms with E-state index < -0.39 is 5.92 Å². The first kappa shape index (κ1) is 14.8. The summed E-state index contributed by atoms with van der Waals surface area (Å²) in [6.07, 6.45) is 0.638. The van der Waals surface area contributed by atoms with Gasteiger partial charge in [-0.3, -0.25) is 0 Å². The third-order valence-electron chi connectivity index (χ3n) is 3.78. The molecule has 0 aliphatic carbocycles. The van der Waals surface area contributed by atoms with Crippen molar-refractivity contribution < 1.29 is 19.7 Å². The topological polar surface area (TPSA) is 119 Å². The fraction of sp³-hybridized carbons (Fsp3) is 0.118. The van der Waals surface area contributed by atoms with Crippen LogP contribution >= 0.6 is 0 Å². The highest BCUT2D eigenvalue weighted by Crippen LogP contribution is 2.44. The third-order valence-corrected chi connectivity index (χ3v) is 3.78. The predicted octanol–water partition coefficient (Wildman–Crippen LogP) is 2.47. The summed E-state index contributed by atoms with van der Waals surface area (Å²) in [5.41, 5.74) is 14.0. The summed E-state index contributed by atoms with van der Waals surface area (Å²) in [5, 5.41) is 20.0. The van der Waals surface area contributed by atoms with Gasteiger partial charge in [-0.15, -0.1) is 0 Å². The summed E-state index contributed by atoms with van der Waals surface area (Å²) in [6.45, 7) is 1.84. The molecule has 3 rings (SSSR count). The lowest BCUT2D eigenvalue weighted by molar-refractivity contribution is -0.109. The van der Waals surface area contributed by atoms with Gasteiger partial charge in [-0.2, -0.15) is 0 Å². The van der Waals surface area contributed by atoms with Crippen LogP contribution in [-0.2, 0) is 4.79 Å². The molecule has 0 aromatic heterocycles. The molecule has 2 aromatic rings. The molecule has 0 saturated heterocycles. The quantitative estimate of drug-likeness (QED) is 0.384. The number of fused-ring (bicyclic) bond motifs is 1. The molecule has 118 valence electrons. The molecule has 2 aromatic carbocycles. The van der Waals surface area contributed by atoms with Gasteiger partial charge in [0.25, 0.3) is 0 Å². The first-order valence-electron chi connectivity index (χ1n) is 6.97. The fourth-order valence-corrected chi connectivity index (χ4v) is 2.66. The highest BCUT2D eigenvalue weighted by Gasteiger charge is 2.32. The van der Waals surface area contributed by atoms with E-state index in [2.05, 4.69) is 0 Å². The monoisotopic (exact) mass is 312 g/mol. The number of carbonyl (C=O) groups excluding carboxylic acids is 1. The van der Waals surface area contributed by atoms with Gasteiger partial charge in [0.1, 0.15) is 18.0 Å². The number of aliphatic hydroxyl groups is 1. The zero-order valence-corrected chi connectivity index (χ0v) is 12.4. The molecular formula is C17H16N2O4. The van der Waals surface area contributed by atoms with Gasteiger partial charge in [0.2, 0.25) is 0 Å². The largest absolute Gasteiger partial charge is 0.507 e. The number of anilines is 2. The molecule has 1 unspecified atom stereocenters. The minimum Gasteiger partial charge on any atom is -0.507 e. The molecule has 23 heavy (non-hydrogen) atoms. The number of allylic oxidation sites excluding steroid dienone is 1. The van der Waals surface area contributed by atoms with Crippen LogP contribution in [0.25, 0.3) is 5.76 Å². The van der Waals surface area contributed by atoms with E-state index in [-0.39, 0.29) is 23.0 Å². The zero-order valence-electron chi connectivity index (χ0n) is 12.4. The third kappa shape index (κ3) is 2.34. The van der Waals surface area contributed by atoms with Crippen LogP contribution < -0.4 is 16.2 Å². The van der Waals surface area contributed by atoms with E-state index in [9.17, 15) is 15.0 Å². The minimum absolute atomic E-state index is 0.0767. The van der Waals surface area contributed by atoms with E-state index in [0.29, 0.717) is 28.8 Å². The maximum atomic E-state index is 11.5. The molecule has 1 aliphatic rings. The molecule has 6 nitrogen and oxygen atoms in total. The Kier molecular flexibility index (Phi) is 3.37. The molecule has 6 heteroatoms. The van der Waals surface area contributed by atoms with Gasteiger partial charge in [-0.05, 0) is 36.8 Å². The van der Waals surface area contributed by atoms with Crippen molar-refractivity contribution in [1.29, 1.82) is 0 Å². The van der Waals surface area contributed by atoms with Crippen molar-refractivity contribution in [3.05, 3.63) is 52.8 Å². The van der Waals surface area contributed by atoms with Crippen molar-refractivity contribution in [2.24, 2.45) is 0 Å². The van der Waals surface area contributed by atoms with Gasteiger partial charge in [0, 0.05) is 11.1 Å². The van der Waals surface area contributed by atoms with Crippen LogP contribution in [0.2, 0.25) is 0 Å². The van der Waals surface area contributed by atoms with E-state index in [0.717, 1.165) is 5.56 Å². The maximum Gasteiger partial charge on any atom is 0.173 e. The van der Waals surface area contributed by atoms with Crippen LogP contribution in [0.15, 0.2) is 36.1 Å². The number of aromatic hydroxyl groups is 1. The predicted molar refractivity (Wildman–Crippen MR) is 87.1 cm³/mol. The molecule has 6 N–H and O–H groups in total. The number of nitrogens with two attached hydrogens (primary N) is 2. The number of hydrogen-bond acceptors (Lipinski definition) is 6. The number of phenolic OH excluding ortho intramolecular Hbond substituents is 1. The Morgan fingerprint density at radius 1 is 1.13 bits per heavy atom. The van der Waals surface area contributed by atoms with E-state index in [1.165, 1.54) is 18.2 Å². The summed E-state index contributed by atoms with van der Waals surface area (Å²) >= 11 is 0. The van der Waals surface area contributed by atoms with Gasteiger partial charge >= 0.3 is 0 Å². The molecular weight excluding hydrogens is 296 g/mol. The molecule has 0 fully saturated rings. The first-order valence-corrected chi connectivity index (χ1v) is 6.97. The zero-order chi connectivity index (χ0) is 16.7. The number of ether oxygens (including phenoxy) is 1. The van der Waals surface area contributed by atoms with Crippen LogP contribution in [0.3, 0.4) is 0 Å². The average molecular weight is 312 g/mol. The number of phenols is 1. The van der Waals surface area contributed by atoms with Crippen LogP contribution in [0.4, 0.5) is 11.4 Å². The van der Waals surface area contributed by atoms with E-state index in [1.54, 1.807) is 12.1 Å². The van der Waals surface area contributed by atoms with E-state index in [1.807, 2.05) is 6.92 Å². The second-order valence-corrected chi connectivity index (χ2v) is 5.48. The summed E-state index contributed by atoms with van der Waals surface area (Å²) in [7, 11) is 0. The number of aliphatic hydroxyl groups excluding tert-OH is 1. The molecule has 0 saturated carbocycles. The normalized spacial score (nSPS) is 16.7. The summed E-state index contributed by atoms with van der Waals surface area (Å²) in [5.74, 6) is -0.732. The molecule has 1 atom stereocenters. The molecule has 0 bridgehead atoms. The number of benzene rings is 2. The van der Waals surface area contributed by atoms with Gasteiger partial charge < -0.3 is 31.2 Å². The number of rotatable bonds is 2. The summed E-state index contributed by atoms with van der Waals surface area (Å²) in [6, 6.07) is 7.86. The van der Waals surface area contributed by atoms with Crippen molar-refractivity contribution >= 4 is 23.4 Å². The summed E-state index contributed by atoms with van der Waals surface area (Å²) in [4.78, 5) is 11.5. The number of aldehydes is 1. The van der Waals surface area contributed by atoms with Crippen LogP contribution in [0.1, 0.15) is 22.6 Å². The number of nitrogen functional groups attached to an aromatic ring is 2. The minimum atomic E-state index is -0.869. The van der Waals surface area contributed by atoms with Gasteiger partial charge in [0.15, 0.2) is 17.3 Å². The average Bonchev–Trinajstić information content (AvgIpc) is 2.50. The Morgan fingerprint density at radius 2 is 1.87 bits per heavy atom. The van der Waals surface area contributed by atoms with E-state index in [4.69, 9.17) is 16.2 Å². The molecule has 1 aliphatic heterocycles. The Balaban J connectivity index is 2.19. The number of hydrogen-bond donors (Lipinski definition) is 4. The Labute approximate surface area is 132 Å².